The van der Waals surface area contributed by atoms with Gasteiger partial charge in [0.1, 0.15) is 5.82 Å². The highest BCUT2D eigenvalue weighted by atomic mass is 32.1. The summed E-state index contributed by atoms with van der Waals surface area (Å²) in [6.07, 6.45) is 3.91. The molecule has 3 aromatic heterocycles. The third-order valence-corrected chi connectivity index (χ3v) is 3.59. The molecule has 0 radical (unpaired) electrons. The largest absolute Gasteiger partial charge is 0.340 e. The second-order valence-electron chi connectivity index (χ2n) is 3.99. The molecule has 0 saturated heterocycles. The number of H-pyrrole nitrogens is 1. The predicted octanol–water partition coefficient (Wildman–Crippen LogP) is 1.86. The van der Waals surface area contributed by atoms with Crippen LogP contribution in [0.2, 0.25) is 0 Å². The van der Waals surface area contributed by atoms with Gasteiger partial charge < -0.3 is 10.7 Å². The monoisotopic (exact) mass is 247 g/mol. The van der Waals surface area contributed by atoms with E-state index in [1.165, 1.54) is 4.88 Å². The average Bonchev–Trinajstić information content (AvgIpc) is 2.92. The lowest BCUT2D eigenvalue weighted by atomic mass is 10.3. The maximum absolute atomic E-state index is 5.56. The van der Waals surface area contributed by atoms with Crippen molar-refractivity contribution in [3.63, 3.8) is 0 Å². The molecular formula is C11H13N5S. The molecule has 3 N–H and O–H groups in total. The molecule has 0 aliphatic rings. The van der Waals surface area contributed by atoms with E-state index in [4.69, 9.17) is 5.73 Å². The normalized spacial score (nSPS) is 11.5. The molecule has 3 heterocycles. The zero-order chi connectivity index (χ0) is 12.0. The molecular weight excluding hydrogens is 234 g/mol. The maximum Gasteiger partial charge on any atom is 0.194 e. The number of nitrogens with zero attached hydrogens (tertiary/aromatic N) is 3. The topological polar surface area (TPSA) is 72.0 Å². The molecule has 5 nitrogen and oxygen atoms in total. The minimum Gasteiger partial charge on any atom is -0.340 e. The molecule has 0 aromatic carbocycles. The summed E-state index contributed by atoms with van der Waals surface area (Å²) in [7, 11) is 0. The Bertz CT molecular complexity index is 675. The molecule has 3 rings (SSSR count). The first-order chi connectivity index (χ1) is 8.19. The van der Waals surface area contributed by atoms with Crippen molar-refractivity contribution in [1.29, 1.82) is 0 Å². The van der Waals surface area contributed by atoms with Gasteiger partial charge in [0.2, 0.25) is 0 Å². The number of hydrogen-bond acceptors (Lipinski definition) is 4. The van der Waals surface area contributed by atoms with Crippen LogP contribution in [0.1, 0.15) is 16.4 Å². The molecule has 6 heteroatoms. The van der Waals surface area contributed by atoms with Gasteiger partial charge in [-0.15, -0.1) is 11.3 Å². The van der Waals surface area contributed by atoms with E-state index in [1.54, 1.807) is 11.3 Å². The van der Waals surface area contributed by atoms with Crippen LogP contribution in [0.3, 0.4) is 0 Å². The van der Waals surface area contributed by atoms with E-state index in [0.717, 1.165) is 27.9 Å². The van der Waals surface area contributed by atoms with Crippen LogP contribution in [0.15, 0.2) is 12.4 Å². The quantitative estimate of drug-likeness (QED) is 0.726. The van der Waals surface area contributed by atoms with Gasteiger partial charge in [-0.2, -0.15) is 0 Å². The van der Waals surface area contributed by atoms with Crippen molar-refractivity contribution in [1.82, 2.24) is 19.4 Å². The van der Waals surface area contributed by atoms with E-state index in [1.807, 2.05) is 13.1 Å². The first-order valence-electron chi connectivity index (χ1n) is 5.38. The summed E-state index contributed by atoms with van der Waals surface area (Å²) in [5.74, 6) is 0.793. The van der Waals surface area contributed by atoms with E-state index < -0.39 is 0 Å². The fourth-order valence-electron chi connectivity index (χ4n) is 1.98. The number of nitrogens with one attached hydrogen (secondary N) is 1. The number of thiazole rings is 1. The number of hydrogen-bond donors (Lipinski definition) is 2. The van der Waals surface area contributed by atoms with Gasteiger partial charge in [-0.3, -0.25) is 4.40 Å². The molecule has 3 aromatic rings. The van der Waals surface area contributed by atoms with E-state index in [2.05, 4.69) is 32.5 Å². The number of nitrogens with two attached hydrogens (primary N) is 1. The molecule has 0 bridgehead atoms. The van der Waals surface area contributed by atoms with Gasteiger partial charge in [-0.05, 0) is 13.8 Å². The van der Waals surface area contributed by atoms with Crippen LogP contribution in [-0.2, 0) is 6.54 Å². The van der Waals surface area contributed by atoms with Crippen LogP contribution >= 0.6 is 11.3 Å². The van der Waals surface area contributed by atoms with Crippen molar-refractivity contribution >= 4 is 16.3 Å². The number of aryl methyl sites for hydroxylation is 2. The molecule has 0 aliphatic carbocycles. The minimum atomic E-state index is 0.420. The lowest BCUT2D eigenvalue weighted by Crippen LogP contribution is -1.98. The summed E-state index contributed by atoms with van der Waals surface area (Å²) in [6, 6.07) is 0. The van der Waals surface area contributed by atoms with Crippen LogP contribution < -0.4 is 5.73 Å². The van der Waals surface area contributed by atoms with Gasteiger partial charge in [0, 0.05) is 11.1 Å². The first kappa shape index (κ1) is 10.5. The highest BCUT2D eigenvalue weighted by Gasteiger charge is 2.14. The summed E-state index contributed by atoms with van der Waals surface area (Å²) in [6.45, 7) is 4.51. The highest BCUT2D eigenvalue weighted by molar-refractivity contribution is 7.17. The molecule has 0 fully saturated rings. The Kier molecular flexibility index (Phi) is 2.27. The van der Waals surface area contributed by atoms with Crippen molar-refractivity contribution < 1.29 is 0 Å². The van der Waals surface area contributed by atoms with Crippen LogP contribution in [0.25, 0.3) is 16.3 Å². The number of fused-ring (bicyclic) bond motifs is 1. The van der Waals surface area contributed by atoms with Crippen molar-refractivity contribution in [2.24, 2.45) is 5.73 Å². The van der Waals surface area contributed by atoms with Gasteiger partial charge in [0.15, 0.2) is 4.96 Å². The second kappa shape index (κ2) is 3.68. The van der Waals surface area contributed by atoms with E-state index in [0.29, 0.717) is 6.54 Å². The Morgan fingerprint density at radius 2 is 2.29 bits per heavy atom. The predicted molar refractivity (Wildman–Crippen MR) is 68.0 cm³/mol. The van der Waals surface area contributed by atoms with E-state index in [9.17, 15) is 0 Å². The summed E-state index contributed by atoms with van der Waals surface area (Å²) in [5, 5.41) is 0. The molecule has 88 valence electrons. The fourth-order valence-corrected chi connectivity index (χ4v) is 2.85. The molecule has 0 atom stereocenters. The van der Waals surface area contributed by atoms with Gasteiger partial charge in [0.05, 0.1) is 29.8 Å². The van der Waals surface area contributed by atoms with Gasteiger partial charge in [-0.1, -0.05) is 0 Å². The van der Waals surface area contributed by atoms with E-state index in [-0.39, 0.29) is 0 Å². The van der Waals surface area contributed by atoms with Gasteiger partial charge in [0.25, 0.3) is 0 Å². The van der Waals surface area contributed by atoms with Gasteiger partial charge >= 0.3 is 0 Å². The standard InChI is InChI=1S/C11H13N5S/c1-6-5-16-10(7(2)14-11(16)17-6)8-4-13-9(3-12)15-8/h4-5H,3,12H2,1-2H3,(H,13,15). The summed E-state index contributed by atoms with van der Waals surface area (Å²) >= 11 is 1.69. The minimum absolute atomic E-state index is 0.420. The van der Waals surface area contributed by atoms with Crippen molar-refractivity contribution in [3.05, 3.63) is 28.8 Å². The summed E-state index contributed by atoms with van der Waals surface area (Å²) < 4.78 is 2.10. The van der Waals surface area contributed by atoms with Crippen LogP contribution in [0, 0.1) is 13.8 Å². The Morgan fingerprint density at radius 3 is 3.00 bits per heavy atom. The Hall–Kier alpha value is -1.66. The average molecular weight is 247 g/mol. The zero-order valence-corrected chi connectivity index (χ0v) is 10.5. The van der Waals surface area contributed by atoms with Crippen LogP contribution in [0.5, 0.6) is 0 Å². The molecule has 0 aliphatic heterocycles. The Labute approximate surface area is 102 Å². The maximum atomic E-state index is 5.56. The summed E-state index contributed by atoms with van der Waals surface area (Å²) in [4.78, 5) is 14.2. The lowest BCUT2D eigenvalue weighted by molar-refractivity contribution is 0.949. The van der Waals surface area contributed by atoms with E-state index >= 15 is 0 Å². The number of aromatic nitrogens is 4. The lowest BCUT2D eigenvalue weighted by Gasteiger charge is -1.97. The first-order valence-corrected chi connectivity index (χ1v) is 6.20. The van der Waals surface area contributed by atoms with Crippen LogP contribution in [0.4, 0.5) is 0 Å². The number of imidazole rings is 2. The Morgan fingerprint density at radius 1 is 1.47 bits per heavy atom. The highest BCUT2D eigenvalue weighted by Crippen LogP contribution is 2.27. The SMILES string of the molecule is Cc1cn2c(-c3cnc(CN)[nH]3)c(C)nc2s1. The van der Waals surface area contributed by atoms with Crippen molar-refractivity contribution in [2.45, 2.75) is 20.4 Å². The van der Waals surface area contributed by atoms with Crippen molar-refractivity contribution in [2.75, 3.05) is 0 Å². The molecule has 17 heavy (non-hydrogen) atoms. The second-order valence-corrected chi connectivity index (χ2v) is 5.20. The fraction of sp³-hybridized carbons (Fsp3) is 0.273. The van der Waals surface area contributed by atoms with Crippen molar-refractivity contribution in [3.8, 4) is 11.4 Å². The van der Waals surface area contributed by atoms with Crippen LogP contribution in [-0.4, -0.2) is 19.4 Å². The molecule has 0 saturated carbocycles. The number of rotatable bonds is 2. The molecule has 0 amide bonds. The smallest absolute Gasteiger partial charge is 0.194 e. The summed E-state index contributed by atoms with van der Waals surface area (Å²) in [5.41, 5.74) is 8.59. The van der Waals surface area contributed by atoms with Gasteiger partial charge in [-0.25, -0.2) is 9.97 Å². The number of aromatic amines is 1. The molecule has 0 unspecified atom stereocenters. The molecule has 0 spiro atoms. The zero-order valence-electron chi connectivity index (χ0n) is 9.69. The third-order valence-electron chi connectivity index (χ3n) is 2.69. The Balaban J connectivity index is 2.24. The third kappa shape index (κ3) is 1.57.